The van der Waals surface area contributed by atoms with Crippen molar-refractivity contribution in [1.82, 2.24) is 19.8 Å². The quantitative estimate of drug-likeness (QED) is 0.361. The van der Waals surface area contributed by atoms with E-state index >= 15 is 0 Å². The van der Waals surface area contributed by atoms with Crippen LogP contribution >= 0.6 is 11.3 Å². The molecular formula is C28H30N6O4S. The third kappa shape index (κ3) is 6.01. The number of hydrogen-bond donors (Lipinski definition) is 2. The van der Waals surface area contributed by atoms with Crippen molar-refractivity contribution in [2.24, 2.45) is 0 Å². The predicted octanol–water partition coefficient (Wildman–Crippen LogP) is 3.72. The summed E-state index contributed by atoms with van der Waals surface area (Å²) >= 11 is 1.48. The minimum atomic E-state index is -0.0251. The van der Waals surface area contributed by atoms with E-state index in [-0.39, 0.29) is 11.8 Å². The standard InChI is InChI=1S/C28H30N6O4S/c35-25(6-7-33-8-12-37-13-9-33)30-20-2-1-3-21(16-20)31-28-29-18-19-4-5-23-22(26(19)32-28)17-24(39-23)27(36)34-10-14-38-15-11-34/h1-5,16-18H,6-15H2,(H,30,35)(H,29,31,32). The van der Waals surface area contributed by atoms with E-state index in [0.29, 0.717) is 49.2 Å². The summed E-state index contributed by atoms with van der Waals surface area (Å²) in [7, 11) is 0. The number of thiophene rings is 1. The summed E-state index contributed by atoms with van der Waals surface area (Å²) < 4.78 is 11.8. The van der Waals surface area contributed by atoms with Crippen LogP contribution in [0.2, 0.25) is 0 Å². The van der Waals surface area contributed by atoms with Crippen molar-refractivity contribution in [2.75, 3.05) is 69.8 Å². The second-order valence-electron chi connectivity index (χ2n) is 9.58. The number of ether oxygens (including phenoxy) is 2. The zero-order valence-corrected chi connectivity index (χ0v) is 22.3. The number of nitrogens with zero attached hydrogens (tertiary/aromatic N) is 4. The van der Waals surface area contributed by atoms with Gasteiger partial charge in [-0.1, -0.05) is 6.07 Å². The molecule has 39 heavy (non-hydrogen) atoms. The number of aromatic nitrogens is 2. The normalized spacial score (nSPS) is 16.5. The largest absolute Gasteiger partial charge is 0.379 e. The smallest absolute Gasteiger partial charge is 0.264 e. The lowest BCUT2D eigenvalue weighted by atomic mass is 10.1. The Morgan fingerprint density at radius 3 is 2.54 bits per heavy atom. The van der Waals surface area contributed by atoms with Crippen LogP contribution in [0.1, 0.15) is 16.1 Å². The van der Waals surface area contributed by atoms with Crippen LogP contribution in [0.5, 0.6) is 0 Å². The van der Waals surface area contributed by atoms with E-state index < -0.39 is 0 Å². The Kier molecular flexibility index (Phi) is 7.64. The number of fused-ring (bicyclic) bond motifs is 3. The van der Waals surface area contributed by atoms with E-state index in [1.54, 1.807) is 6.20 Å². The Balaban J connectivity index is 1.16. The first-order valence-electron chi connectivity index (χ1n) is 13.2. The molecular weight excluding hydrogens is 516 g/mol. The van der Waals surface area contributed by atoms with Crippen LogP contribution in [0.3, 0.4) is 0 Å². The molecule has 10 nitrogen and oxygen atoms in total. The van der Waals surface area contributed by atoms with Gasteiger partial charge in [-0.2, -0.15) is 0 Å². The Bertz CT molecular complexity index is 1500. The molecule has 0 saturated carbocycles. The van der Waals surface area contributed by atoms with Crippen molar-refractivity contribution >= 4 is 61.5 Å². The van der Waals surface area contributed by atoms with Crippen LogP contribution < -0.4 is 10.6 Å². The van der Waals surface area contributed by atoms with E-state index in [1.807, 2.05) is 47.4 Å². The molecule has 2 aliphatic rings. The van der Waals surface area contributed by atoms with Gasteiger partial charge in [-0.3, -0.25) is 14.5 Å². The van der Waals surface area contributed by atoms with E-state index in [1.165, 1.54) is 11.3 Å². The maximum Gasteiger partial charge on any atom is 0.264 e. The first-order chi connectivity index (χ1) is 19.1. The van der Waals surface area contributed by atoms with Gasteiger partial charge < -0.3 is 25.0 Å². The molecule has 0 aliphatic carbocycles. The van der Waals surface area contributed by atoms with E-state index in [0.717, 1.165) is 59.5 Å². The van der Waals surface area contributed by atoms with Crippen molar-refractivity contribution in [1.29, 1.82) is 0 Å². The average molecular weight is 547 g/mol. The molecule has 2 aromatic carbocycles. The first kappa shape index (κ1) is 25.6. The fourth-order valence-corrected chi connectivity index (χ4v) is 5.84. The number of carbonyl (C=O) groups excluding carboxylic acids is 2. The molecule has 2 aromatic heterocycles. The lowest BCUT2D eigenvalue weighted by Crippen LogP contribution is -2.40. The number of amides is 2. The molecule has 202 valence electrons. The zero-order valence-electron chi connectivity index (χ0n) is 21.5. The molecule has 2 N–H and O–H groups in total. The lowest BCUT2D eigenvalue weighted by Gasteiger charge is -2.26. The Labute approximate surface area is 229 Å². The number of carbonyl (C=O) groups is 2. The molecule has 4 aromatic rings. The van der Waals surface area contributed by atoms with Gasteiger partial charge in [0.15, 0.2) is 0 Å². The van der Waals surface area contributed by atoms with Crippen LogP contribution in [0.25, 0.3) is 21.0 Å². The van der Waals surface area contributed by atoms with E-state index in [2.05, 4.69) is 20.5 Å². The van der Waals surface area contributed by atoms with Gasteiger partial charge in [-0.05, 0) is 36.4 Å². The molecule has 0 spiro atoms. The molecule has 0 atom stereocenters. The summed E-state index contributed by atoms with van der Waals surface area (Å²) in [5, 5.41) is 8.07. The summed E-state index contributed by atoms with van der Waals surface area (Å²) in [4.78, 5) is 39.6. The number of rotatable bonds is 7. The average Bonchev–Trinajstić information content (AvgIpc) is 3.42. The van der Waals surface area contributed by atoms with Gasteiger partial charge in [0.1, 0.15) is 0 Å². The lowest BCUT2D eigenvalue weighted by molar-refractivity contribution is -0.116. The second-order valence-corrected chi connectivity index (χ2v) is 10.7. The van der Waals surface area contributed by atoms with Gasteiger partial charge in [0, 0.05) is 72.2 Å². The maximum absolute atomic E-state index is 13.0. The fraction of sp³-hybridized carbons (Fsp3) is 0.357. The predicted molar refractivity (Wildman–Crippen MR) is 152 cm³/mol. The molecule has 6 rings (SSSR count). The molecule has 11 heteroatoms. The molecule has 2 aliphatic heterocycles. The highest BCUT2D eigenvalue weighted by Crippen LogP contribution is 2.32. The third-order valence-electron chi connectivity index (χ3n) is 6.92. The number of benzene rings is 2. The van der Waals surface area contributed by atoms with Crippen LogP contribution in [0, 0.1) is 0 Å². The number of hydrogen-bond acceptors (Lipinski definition) is 9. The summed E-state index contributed by atoms with van der Waals surface area (Å²) in [5.41, 5.74) is 2.26. The monoisotopic (exact) mass is 546 g/mol. The number of nitrogens with one attached hydrogen (secondary N) is 2. The minimum absolute atomic E-state index is 0.0251. The summed E-state index contributed by atoms with van der Waals surface area (Å²) in [5.74, 6) is 0.449. The van der Waals surface area contributed by atoms with Crippen molar-refractivity contribution < 1.29 is 19.1 Å². The maximum atomic E-state index is 13.0. The molecule has 4 heterocycles. The Morgan fingerprint density at radius 1 is 0.949 bits per heavy atom. The SMILES string of the molecule is O=C(CCN1CCOCC1)Nc1cccc(Nc2ncc3ccc4sc(C(=O)N5CCOCC5)cc4c3n2)c1. The van der Waals surface area contributed by atoms with E-state index in [4.69, 9.17) is 14.5 Å². The molecule has 0 radical (unpaired) electrons. The van der Waals surface area contributed by atoms with Crippen LogP contribution in [0.4, 0.5) is 17.3 Å². The van der Waals surface area contributed by atoms with Crippen molar-refractivity contribution in [3.63, 3.8) is 0 Å². The summed E-state index contributed by atoms with van der Waals surface area (Å²) in [6.45, 7) is 6.24. The fourth-order valence-electron chi connectivity index (χ4n) is 4.81. The van der Waals surface area contributed by atoms with Crippen LogP contribution in [-0.4, -0.2) is 90.7 Å². The van der Waals surface area contributed by atoms with Crippen molar-refractivity contribution in [3.8, 4) is 0 Å². The highest BCUT2D eigenvalue weighted by molar-refractivity contribution is 7.21. The molecule has 2 saturated heterocycles. The van der Waals surface area contributed by atoms with E-state index in [9.17, 15) is 9.59 Å². The topological polar surface area (TPSA) is 109 Å². The van der Waals surface area contributed by atoms with Crippen LogP contribution in [0.15, 0.2) is 48.7 Å². The Hall–Kier alpha value is -3.64. The molecule has 2 fully saturated rings. The van der Waals surface area contributed by atoms with Crippen LogP contribution in [-0.2, 0) is 14.3 Å². The first-order valence-corrected chi connectivity index (χ1v) is 14.0. The summed E-state index contributed by atoms with van der Waals surface area (Å²) in [6, 6.07) is 13.4. The summed E-state index contributed by atoms with van der Waals surface area (Å²) in [6.07, 6.45) is 2.21. The van der Waals surface area contributed by atoms with Gasteiger partial charge in [0.2, 0.25) is 11.9 Å². The van der Waals surface area contributed by atoms with Crippen molar-refractivity contribution in [2.45, 2.75) is 6.42 Å². The van der Waals surface area contributed by atoms with Gasteiger partial charge in [-0.15, -0.1) is 11.3 Å². The number of anilines is 3. The molecule has 0 unspecified atom stereocenters. The zero-order chi connectivity index (χ0) is 26.6. The number of morpholine rings is 2. The highest BCUT2D eigenvalue weighted by Gasteiger charge is 2.21. The van der Waals surface area contributed by atoms with Gasteiger partial charge >= 0.3 is 0 Å². The van der Waals surface area contributed by atoms with Crippen molar-refractivity contribution in [3.05, 3.63) is 53.5 Å². The molecule has 2 amide bonds. The third-order valence-corrected chi connectivity index (χ3v) is 8.01. The Morgan fingerprint density at radius 2 is 1.72 bits per heavy atom. The van der Waals surface area contributed by atoms with Gasteiger partial charge in [0.25, 0.3) is 5.91 Å². The van der Waals surface area contributed by atoms with Gasteiger partial charge in [-0.25, -0.2) is 9.97 Å². The molecule has 0 bridgehead atoms. The minimum Gasteiger partial charge on any atom is -0.379 e. The van der Waals surface area contributed by atoms with Gasteiger partial charge in [0.05, 0.1) is 36.8 Å². The second kappa shape index (κ2) is 11.6. The highest BCUT2D eigenvalue weighted by atomic mass is 32.1.